The molecular weight excluding hydrogens is 336 g/mol. The van der Waals surface area contributed by atoms with Gasteiger partial charge < -0.3 is 14.6 Å². The van der Waals surface area contributed by atoms with E-state index in [1.165, 1.54) is 5.57 Å². The molecule has 1 saturated carbocycles. The molecule has 1 spiro atoms. The van der Waals surface area contributed by atoms with Crippen molar-refractivity contribution in [2.45, 2.75) is 102 Å². The van der Waals surface area contributed by atoms with Crippen molar-refractivity contribution >= 4 is 0 Å². The normalized spacial score (nSPS) is 43.6. The van der Waals surface area contributed by atoms with E-state index in [1.807, 2.05) is 0 Å². The molecule has 3 heteroatoms. The molecule has 2 saturated heterocycles. The summed E-state index contributed by atoms with van der Waals surface area (Å²) >= 11 is 0. The summed E-state index contributed by atoms with van der Waals surface area (Å²) in [5.41, 5.74) is 0.229. The van der Waals surface area contributed by atoms with E-state index in [-0.39, 0.29) is 22.7 Å². The minimum absolute atomic E-state index is 0.0939. The van der Waals surface area contributed by atoms with Crippen LogP contribution in [0, 0.1) is 5.41 Å². The summed E-state index contributed by atoms with van der Waals surface area (Å²) in [6, 6.07) is 0. The molecule has 2 unspecified atom stereocenters. The van der Waals surface area contributed by atoms with E-state index < -0.39 is 5.60 Å². The van der Waals surface area contributed by atoms with Gasteiger partial charge in [0, 0.05) is 5.41 Å². The molecule has 2 heterocycles. The molecular formula is C24H38O3. The van der Waals surface area contributed by atoms with Crippen LogP contribution in [0.2, 0.25) is 0 Å². The van der Waals surface area contributed by atoms with E-state index in [0.29, 0.717) is 0 Å². The van der Waals surface area contributed by atoms with Gasteiger partial charge in [-0.3, -0.25) is 0 Å². The summed E-state index contributed by atoms with van der Waals surface area (Å²) in [5, 5.41) is 11.4. The number of rotatable bonds is 8. The smallest absolute Gasteiger partial charge is 0.101 e. The Bertz CT molecular complexity index is 626. The predicted octanol–water partition coefficient (Wildman–Crippen LogP) is 5.49. The monoisotopic (exact) mass is 374 g/mol. The largest absolute Gasteiger partial charge is 0.390 e. The Hall–Kier alpha value is -0.900. The third-order valence-electron chi connectivity index (χ3n) is 7.36. The molecule has 3 fully saturated rings. The van der Waals surface area contributed by atoms with Crippen LogP contribution in [0.5, 0.6) is 0 Å². The second kappa shape index (κ2) is 7.50. The van der Waals surface area contributed by atoms with E-state index in [0.717, 1.165) is 51.6 Å². The third-order valence-corrected chi connectivity index (χ3v) is 7.36. The summed E-state index contributed by atoms with van der Waals surface area (Å²) in [5.74, 6) is 0. The number of unbranched alkanes of at least 4 members (excludes halogenated alkanes) is 1. The van der Waals surface area contributed by atoms with Gasteiger partial charge in [-0.05, 0) is 72.6 Å². The first-order chi connectivity index (χ1) is 12.7. The van der Waals surface area contributed by atoms with Crippen molar-refractivity contribution in [2.24, 2.45) is 5.41 Å². The first kappa shape index (κ1) is 20.8. The van der Waals surface area contributed by atoms with Gasteiger partial charge in [0.15, 0.2) is 0 Å². The zero-order valence-corrected chi connectivity index (χ0v) is 17.9. The number of epoxide rings is 2. The van der Waals surface area contributed by atoms with Gasteiger partial charge in [0.2, 0.25) is 0 Å². The molecule has 3 nitrogen and oxygen atoms in total. The fourth-order valence-electron chi connectivity index (χ4n) is 5.11. The number of hydrogen-bond donors (Lipinski definition) is 1. The highest BCUT2D eigenvalue weighted by molar-refractivity contribution is 5.26. The van der Waals surface area contributed by atoms with E-state index in [9.17, 15) is 5.11 Å². The van der Waals surface area contributed by atoms with Gasteiger partial charge in [0.05, 0.1) is 23.9 Å². The maximum absolute atomic E-state index is 11.4. The Labute approximate surface area is 165 Å². The van der Waals surface area contributed by atoms with Crippen LogP contribution in [0.3, 0.4) is 0 Å². The Morgan fingerprint density at radius 1 is 1.11 bits per heavy atom. The highest BCUT2D eigenvalue weighted by Crippen LogP contribution is 2.68. The number of allylic oxidation sites excluding steroid dienone is 4. The Kier molecular flexibility index (Phi) is 5.78. The molecule has 152 valence electrons. The summed E-state index contributed by atoms with van der Waals surface area (Å²) in [4.78, 5) is 0. The lowest BCUT2D eigenvalue weighted by Gasteiger charge is -2.50. The van der Waals surface area contributed by atoms with Crippen molar-refractivity contribution in [2.75, 3.05) is 6.61 Å². The van der Waals surface area contributed by atoms with Gasteiger partial charge in [-0.1, -0.05) is 42.9 Å². The van der Waals surface area contributed by atoms with E-state index in [1.54, 1.807) is 0 Å². The molecule has 0 aromatic carbocycles. The standard InChI is InChI=1S/C24H38O3/c1-6-7-8-9-10-11-14-23(25)15-16-24(18-26-24)21(4,17-23)22(5)20(27-22)13-12-19(2)3/h6-7,10-12,20,25H,8-9,13-18H2,1-5H3/b7-6+,11-10+/t20?,21-,22+,23?,24+/m1/s1. The lowest BCUT2D eigenvalue weighted by atomic mass is 9.55. The summed E-state index contributed by atoms with van der Waals surface area (Å²) in [6.07, 6.45) is 17.4. The van der Waals surface area contributed by atoms with Gasteiger partial charge in [-0.2, -0.15) is 0 Å². The molecule has 3 rings (SSSR count). The molecule has 1 N–H and O–H groups in total. The average molecular weight is 375 g/mol. The van der Waals surface area contributed by atoms with Crippen molar-refractivity contribution in [1.29, 1.82) is 0 Å². The van der Waals surface area contributed by atoms with Crippen LogP contribution >= 0.6 is 0 Å². The van der Waals surface area contributed by atoms with Gasteiger partial charge in [-0.15, -0.1) is 0 Å². The summed E-state index contributed by atoms with van der Waals surface area (Å²) in [7, 11) is 0. The van der Waals surface area contributed by atoms with Gasteiger partial charge >= 0.3 is 0 Å². The molecule has 0 bridgehead atoms. The molecule has 1 aliphatic carbocycles. The second-order valence-corrected chi connectivity index (χ2v) is 9.57. The van der Waals surface area contributed by atoms with Crippen molar-refractivity contribution < 1.29 is 14.6 Å². The van der Waals surface area contributed by atoms with Crippen LogP contribution in [0.4, 0.5) is 0 Å². The molecule has 0 aromatic rings. The quantitative estimate of drug-likeness (QED) is 0.347. The average Bonchev–Trinajstić information content (AvgIpc) is 3.51. The molecule has 0 radical (unpaired) electrons. The summed E-state index contributed by atoms with van der Waals surface area (Å²) < 4.78 is 12.3. The molecule has 5 atom stereocenters. The van der Waals surface area contributed by atoms with Crippen LogP contribution in [-0.2, 0) is 9.47 Å². The van der Waals surface area contributed by atoms with Crippen molar-refractivity contribution in [1.82, 2.24) is 0 Å². The lowest BCUT2D eigenvalue weighted by molar-refractivity contribution is -0.107. The van der Waals surface area contributed by atoms with Crippen LogP contribution in [0.1, 0.15) is 79.6 Å². The molecule has 0 amide bonds. The number of aliphatic hydroxyl groups is 1. The molecule has 0 aromatic heterocycles. The molecule has 2 aliphatic heterocycles. The van der Waals surface area contributed by atoms with Gasteiger partial charge in [-0.25, -0.2) is 0 Å². The Balaban J connectivity index is 1.68. The molecule has 3 aliphatic rings. The maximum atomic E-state index is 11.4. The number of ether oxygens (including phenoxy) is 2. The lowest BCUT2D eigenvalue weighted by Crippen LogP contribution is -2.56. The Morgan fingerprint density at radius 2 is 1.81 bits per heavy atom. The van der Waals surface area contributed by atoms with Crippen LogP contribution in [0.15, 0.2) is 36.0 Å². The Morgan fingerprint density at radius 3 is 2.44 bits per heavy atom. The SMILES string of the molecule is C/C=C/CC/C=C/CC1(O)CC[C@]2(CO2)[C@@](C)([C@@]2(C)OC2CC=C(C)C)C1. The second-order valence-electron chi connectivity index (χ2n) is 9.57. The van der Waals surface area contributed by atoms with Crippen molar-refractivity contribution in [3.05, 3.63) is 36.0 Å². The highest BCUT2D eigenvalue weighted by atomic mass is 16.6. The van der Waals surface area contributed by atoms with E-state index in [4.69, 9.17) is 9.47 Å². The van der Waals surface area contributed by atoms with Gasteiger partial charge in [0.1, 0.15) is 5.60 Å². The zero-order valence-electron chi connectivity index (χ0n) is 17.9. The zero-order chi connectivity index (χ0) is 19.8. The first-order valence-electron chi connectivity index (χ1n) is 10.6. The molecule has 27 heavy (non-hydrogen) atoms. The third kappa shape index (κ3) is 3.97. The van der Waals surface area contributed by atoms with Gasteiger partial charge in [0.25, 0.3) is 0 Å². The minimum atomic E-state index is -0.654. The first-order valence-corrected chi connectivity index (χ1v) is 10.6. The van der Waals surface area contributed by atoms with Crippen molar-refractivity contribution in [3.63, 3.8) is 0 Å². The fourth-order valence-corrected chi connectivity index (χ4v) is 5.11. The predicted molar refractivity (Wildman–Crippen MR) is 111 cm³/mol. The van der Waals surface area contributed by atoms with Crippen LogP contribution < -0.4 is 0 Å². The number of hydrogen-bond acceptors (Lipinski definition) is 3. The fraction of sp³-hybridized carbons (Fsp3) is 0.750. The van der Waals surface area contributed by atoms with Crippen molar-refractivity contribution in [3.8, 4) is 0 Å². The summed E-state index contributed by atoms with van der Waals surface area (Å²) in [6.45, 7) is 11.7. The van der Waals surface area contributed by atoms with E-state index in [2.05, 4.69) is 65.0 Å². The topological polar surface area (TPSA) is 45.3 Å². The van der Waals surface area contributed by atoms with E-state index >= 15 is 0 Å². The van der Waals surface area contributed by atoms with Crippen LogP contribution in [0.25, 0.3) is 0 Å². The minimum Gasteiger partial charge on any atom is -0.390 e. The highest BCUT2D eigenvalue weighted by Gasteiger charge is 2.76. The van der Waals surface area contributed by atoms with Crippen LogP contribution in [-0.4, -0.2) is 34.6 Å². The maximum Gasteiger partial charge on any atom is 0.101 e.